The summed E-state index contributed by atoms with van der Waals surface area (Å²) in [5, 5.41) is -0.552. The molecule has 1 unspecified atom stereocenters. The van der Waals surface area contributed by atoms with Crippen LogP contribution in [0.5, 0.6) is 0 Å². The fourth-order valence-electron chi connectivity index (χ4n) is 2.47. The minimum Gasteiger partial charge on any atom is -0.498 e. The Labute approximate surface area is 118 Å². The highest BCUT2D eigenvalue weighted by Gasteiger charge is 2.19. The smallest absolute Gasteiger partial charge is 0.195 e. The van der Waals surface area contributed by atoms with Crippen LogP contribution in [0.25, 0.3) is 16.3 Å². The van der Waals surface area contributed by atoms with Crippen molar-refractivity contribution in [3.8, 4) is 0 Å². The van der Waals surface area contributed by atoms with Crippen LogP contribution in [0, 0.1) is 23.3 Å². The Kier molecular flexibility index (Phi) is 3.35. The van der Waals surface area contributed by atoms with Crippen LogP contribution in [-0.2, 0) is 4.74 Å². The van der Waals surface area contributed by atoms with Gasteiger partial charge in [-0.2, -0.15) is 0 Å². The van der Waals surface area contributed by atoms with Crippen LogP contribution in [-0.4, -0.2) is 6.10 Å². The van der Waals surface area contributed by atoms with Crippen molar-refractivity contribution in [1.29, 1.82) is 0 Å². The van der Waals surface area contributed by atoms with Gasteiger partial charge >= 0.3 is 0 Å². The molecule has 0 amide bonds. The van der Waals surface area contributed by atoms with E-state index in [1.165, 1.54) is 12.3 Å². The molecule has 1 aliphatic heterocycles. The van der Waals surface area contributed by atoms with Gasteiger partial charge in [0.15, 0.2) is 17.5 Å². The second kappa shape index (κ2) is 5.06. The molecule has 0 aliphatic carbocycles. The first-order valence-corrected chi connectivity index (χ1v) is 6.59. The maximum absolute atomic E-state index is 14.1. The largest absolute Gasteiger partial charge is 0.498 e. The molecule has 1 nitrogen and oxygen atoms in total. The van der Waals surface area contributed by atoms with Gasteiger partial charge in [0.25, 0.3) is 0 Å². The van der Waals surface area contributed by atoms with Crippen molar-refractivity contribution in [3.05, 3.63) is 53.3 Å². The Morgan fingerprint density at radius 3 is 2.43 bits per heavy atom. The fourth-order valence-corrected chi connectivity index (χ4v) is 2.47. The Hall–Kier alpha value is -2.04. The summed E-state index contributed by atoms with van der Waals surface area (Å²) < 4.78 is 59.6. The number of hydrogen-bond donors (Lipinski definition) is 0. The van der Waals surface area contributed by atoms with Crippen molar-refractivity contribution in [2.45, 2.75) is 25.9 Å². The first kappa shape index (κ1) is 13.9. The first-order chi connectivity index (χ1) is 9.97. The molecule has 1 atom stereocenters. The second-order valence-electron chi connectivity index (χ2n) is 5.17. The minimum absolute atomic E-state index is 0.0130. The molecule has 2 aromatic rings. The molecule has 21 heavy (non-hydrogen) atoms. The van der Waals surface area contributed by atoms with Crippen molar-refractivity contribution in [1.82, 2.24) is 0 Å². The average molecular weight is 296 g/mol. The van der Waals surface area contributed by atoms with Gasteiger partial charge < -0.3 is 4.74 Å². The molecule has 1 aliphatic rings. The normalized spacial score (nSPS) is 18.5. The van der Waals surface area contributed by atoms with E-state index in [0.717, 1.165) is 24.1 Å². The molecular weight excluding hydrogens is 284 g/mol. The van der Waals surface area contributed by atoms with Gasteiger partial charge in [-0.3, -0.25) is 0 Å². The van der Waals surface area contributed by atoms with Gasteiger partial charge in [0.2, 0.25) is 0 Å². The van der Waals surface area contributed by atoms with Crippen molar-refractivity contribution in [3.63, 3.8) is 0 Å². The highest BCUT2D eigenvalue weighted by atomic mass is 19.2. The number of benzene rings is 2. The van der Waals surface area contributed by atoms with Crippen molar-refractivity contribution >= 4 is 16.3 Å². The van der Waals surface area contributed by atoms with E-state index in [1.807, 2.05) is 6.92 Å². The van der Waals surface area contributed by atoms with E-state index in [2.05, 4.69) is 0 Å². The zero-order valence-electron chi connectivity index (χ0n) is 11.2. The zero-order chi connectivity index (χ0) is 15.1. The van der Waals surface area contributed by atoms with Crippen LogP contribution in [0.1, 0.15) is 25.3 Å². The molecule has 2 aromatic carbocycles. The number of halogens is 4. The molecule has 0 bridgehead atoms. The van der Waals surface area contributed by atoms with Crippen LogP contribution in [0.4, 0.5) is 17.6 Å². The highest BCUT2D eigenvalue weighted by Crippen LogP contribution is 2.32. The van der Waals surface area contributed by atoms with Crippen LogP contribution in [0.3, 0.4) is 0 Å². The van der Waals surface area contributed by atoms with Crippen LogP contribution < -0.4 is 0 Å². The maximum atomic E-state index is 14.1. The maximum Gasteiger partial charge on any atom is 0.195 e. The highest BCUT2D eigenvalue weighted by molar-refractivity contribution is 5.87. The summed E-state index contributed by atoms with van der Waals surface area (Å²) in [6.45, 7) is 1.92. The molecule has 0 N–H and O–H groups in total. The average Bonchev–Trinajstić information content (AvgIpc) is 2.45. The SMILES string of the molecule is CC1CCC(c2cc(F)c3c(F)c(F)c(F)cc3c2)=CO1. The summed E-state index contributed by atoms with van der Waals surface area (Å²) in [6.07, 6.45) is 3.07. The van der Waals surface area contributed by atoms with Crippen LogP contribution in [0.2, 0.25) is 0 Å². The molecule has 0 saturated heterocycles. The van der Waals surface area contributed by atoms with E-state index < -0.39 is 28.7 Å². The molecule has 0 saturated carbocycles. The Bertz CT molecular complexity index is 752. The first-order valence-electron chi connectivity index (χ1n) is 6.59. The number of rotatable bonds is 1. The summed E-state index contributed by atoms with van der Waals surface area (Å²) in [7, 11) is 0. The van der Waals surface area contributed by atoms with E-state index in [4.69, 9.17) is 4.74 Å². The quantitative estimate of drug-likeness (QED) is 0.535. The topological polar surface area (TPSA) is 9.23 Å². The van der Waals surface area contributed by atoms with Gasteiger partial charge in [0.1, 0.15) is 5.82 Å². The van der Waals surface area contributed by atoms with Crippen LogP contribution in [0.15, 0.2) is 24.5 Å². The lowest BCUT2D eigenvalue weighted by molar-refractivity contribution is 0.144. The third-order valence-electron chi connectivity index (χ3n) is 3.66. The number of fused-ring (bicyclic) bond motifs is 1. The Morgan fingerprint density at radius 1 is 1.00 bits per heavy atom. The van der Waals surface area contributed by atoms with E-state index >= 15 is 0 Å². The standard InChI is InChI=1S/C16H12F4O/c1-8-2-3-9(7-21-8)10-4-11-6-13(18)15(19)16(20)14(11)12(17)5-10/h4-8H,2-3H2,1H3. The predicted octanol–water partition coefficient (Wildman–Crippen LogP) is 4.94. The van der Waals surface area contributed by atoms with E-state index in [-0.39, 0.29) is 11.5 Å². The number of allylic oxidation sites excluding steroid dienone is 1. The van der Waals surface area contributed by atoms with Gasteiger partial charge in [0, 0.05) is 0 Å². The minimum atomic E-state index is -1.66. The van der Waals surface area contributed by atoms with Gasteiger partial charge in [-0.25, -0.2) is 17.6 Å². The van der Waals surface area contributed by atoms with Gasteiger partial charge in [0.05, 0.1) is 17.8 Å². The Balaban J connectivity index is 2.18. The Morgan fingerprint density at radius 2 is 1.76 bits per heavy atom. The van der Waals surface area contributed by atoms with Crippen molar-refractivity contribution < 1.29 is 22.3 Å². The second-order valence-corrected chi connectivity index (χ2v) is 5.17. The summed E-state index contributed by atoms with van der Waals surface area (Å²) in [4.78, 5) is 0. The molecule has 0 radical (unpaired) electrons. The van der Waals surface area contributed by atoms with Gasteiger partial charge in [-0.1, -0.05) is 0 Å². The summed E-state index contributed by atoms with van der Waals surface area (Å²) in [5.41, 5.74) is 1.23. The van der Waals surface area contributed by atoms with E-state index in [9.17, 15) is 17.6 Å². The predicted molar refractivity (Wildman–Crippen MR) is 71.5 cm³/mol. The van der Waals surface area contributed by atoms with Crippen LogP contribution >= 0.6 is 0 Å². The molecular formula is C16H12F4O. The van der Waals surface area contributed by atoms with Gasteiger partial charge in [-0.05, 0) is 54.5 Å². The monoisotopic (exact) mass is 296 g/mol. The lowest BCUT2D eigenvalue weighted by atomic mass is 9.96. The van der Waals surface area contributed by atoms with E-state index in [0.29, 0.717) is 12.0 Å². The molecule has 5 heteroatoms. The lowest BCUT2D eigenvalue weighted by Crippen LogP contribution is -2.09. The fraction of sp³-hybridized carbons (Fsp3) is 0.250. The molecule has 0 aromatic heterocycles. The summed E-state index contributed by atoms with van der Waals surface area (Å²) >= 11 is 0. The molecule has 110 valence electrons. The van der Waals surface area contributed by atoms with E-state index in [1.54, 1.807) is 0 Å². The van der Waals surface area contributed by atoms with Crippen molar-refractivity contribution in [2.75, 3.05) is 0 Å². The third-order valence-corrected chi connectivity index (χ3v) is 3.66. The number of ether oxygens (including phenoxy) is 1. The third kappa shape index (κ3) is 2.37. The molecule has 0 spiro atoms. The summed E-state index contributed by atoms with van der Waals surface area (Å²) in [5.74, 6) is -5.42. The van der Waals surface area contributed by atoms with Crippen molar-refractivity contribution in [2.24, 2.45) is 0 Å². The molecule has 3 rings (SSSR count). The summed E-state index contributed by atoms with van der Waals surface area (Å²) in [6, 6.07) is 3.36. The molecule has 1 heterocycles. The molecule has 0 fully saturated rings. The number of hydrogen-bond acceptors (Lipinski definition) is 1. The van der Waals surface area contributed by atoms with Gasteiger partial charge in [-0.15, -0.1) is 0 Å². The zero-order valence-corrected chi connectivity index (χ0v) is 11.2. The lowest BCUT2D eigenvalue weighted by Gasteiger charge is -2.20.